The van der Waals surface area contributed by atoms with Crippen LogP contribution >= 0.6 is 0 Å². The van der Waals surface area contributed by atoms with Gasteiger partial charge in [-0.25, -0.2) is 9.97 Å². The van der Waals surface area contributed by atoms with E-state index >= 15 is 0 Å². The monoisotopic (exact) mass is 399 g/mol. The third-order valence-electron chi connectivity index (χ3n) is 4.38. The SMILES string of the molecule is COc1cc(-c2nc(-c3cccc(C(F)(F)F)c3)n[nH]2)ccc1-n1cnc(C)c1. The average molecular weight is 399 g/mol. The molecule has 0 bridgehead atoms. The molecule has 2 aromatic carbocycles. The Kier molecular flexibility index (Phi) is 4.57. The summed E-state index contributed by atoms with van der Waals surface area (Å²) in [6.07, 6.45) is -0.866. The van der Waals surface area contributed by atoms with Crippen LogP contribution in [0.1, 0.15) is 11.3 Å². The van der Waals surface area contributed by atoms with Gasteiger partial charge in [0.2, 0.25) is 0 Å². The molecule has 29 heavy (non-hydrogen) atoms. The second-order valence-corrected chi connectivity index (χ2v) is 6.40. The number of imidazole rings is 1. The number of aromatic nitrogens is 5. The lowest BCUT2D eigenvalue weighted by Gasteiger charge is -2.10. The summed E-state index contributed by atoms with van der Waals surface area (Å²) in [5, 5.41) is 6.84. The van der Waals surface area contributed by atoms with E-state index < -0.39 is 11.7 Å². The van der Waals surface area contributed by atoms with Gasteiger partial charge in [-0.3, -0.25) is 5.10 Å². The Hall–Kier alpha value is -3.62. The minimum Gasteiger partial charge on any atom is -0.495 e. The van der Waals surface area contributed by atoms with Gasteiger partial charge < -0.3 is 9.30 Å². The Morgan fingerprint density at radius 1 is 1.07 bits per heavy atom. The number of nitrogens with zero attached hydrogens (tertiary/aromatic N) is 4. The molecule has 0 spiro atoms. The van der Waals surface area contributed by atoms with Crippen LogP contribution in [-0.4, -0.2) is 31.8 Å². The van der Waals surface area contributed by atoms with E-state index in [1.165, 1.54) is 12.1 Å². The molecule has 0 aliphatic carbocycles. The summed E-state index contributed by atoms with van der Waals surface area (Å²) in [6, 6.07) is 10.4. The van der Waals surface area contributed by atoms with Crippen molar-refractivity contribution in [3.05, 3.63) is 66.2 Å². The van der Waals surface area contributed by atoms with Crippen molar-refractivity contribution in [2.45, 2.75) is 13.1 Å². The Labute approximate surface area is 164 Å². The maximum atomic E-state index is 12.9. The maximum Gasteiger partial charge on any atom is 0.416 e. The standard InChI is InChI=1S/C20H16F3N5O/c1-12-10-28(11-24-12)16-7-6-14(9-17(16)29-2)19-25-18(26-27-19)13-4-3-5-15(8-13)20(21,22)23/h3-11H,1-2H3,(H,25,26,27). The molecule has 0 aliphatic heterocycles. The fourth-order valence-electron chi connectivity index (χ4n) is 2.95. The second kappa shape index (κ2) is 7.08. The van der Waals surface area contributed by atoms with E-state index in [4.69, 9.17) is 4.74 Å². The van der Waals surface area contributed by atoms with Gasteiger partial charge in [-0.05, 0) is 37.3 Å². The summed E-state index contributed by atoms with van der Waals surface area (Å²) in [7, 11) is 1.56. The molecule has 0 fully saturated rings. The van der Waals surface area contributed by atoms with E-state index in [0.717, 1.165) is 23.5 Å². The lowest BCUT2D eigenvalue weighted by molar-refractivity contribution is -0.137. The van der Waals surface area contributed by atoms with Gasteiger partial charge in [0.25, 0.3) is 0 Å². The first-order chi connectivity index (χ1) is 13.8. The van der Waals surface area contributed by atoms with Gasteiger partial charge in [0.1, 0.15) is 5.75 Å². The summed E-state index contributed by atoms with van der Waals surface area (Å²) in [5.41, 5.74) is 1.89. The highest BCUT2D eigenvalue weighted by Crippen LogP contribution is 2.32. The summed E-state index contributed by atoms with van der Waals surface area (Å²) in [5.74, 6) is 1.19. The minimum atomic E-state index is -4.43. The number of alkyl halides is 3. The van der Waals surface area contributed by atoms with Crippen molar-refractivity contribution < 1.29 is 17.9 Å². The highest BCUT2D eigenvalue weighted by molar-refractivity contribution is 5.65. The van der Waals surface area contributed by atoms with Gasteiger partial charge in [0, 0.05) is 17.3 Å². The molecule has 0 aliphatic rings. The highest BCUT2D eigenvalue weighted by Gasteiger charge is 2.30. The number of hydrogen-bond donors (Lipinski definition) is 1. The van der Waals surface area contributed by atoms with Crippen LogP contribution in [-0.2, 0) is 6.18 Å². The van der Waals surface area contributed by atoms with Crippen LogP contribution in [0.2, 0.25) is 0 Å². The normalized spacial score (nSPS) is 11.6. The van der Waals surface area contributed by atoms with Crippen LogP contribution in [0.15, 0.2) is 55.0 Å². The average Bonchev–Trinajstić information content (AvgIpc) is 3.36. The second-order valence-electron chi connectivity index (χ2n) is 6.40. The summed E-state index contributed by atoms with van der Waals surface area (Å²) in [4.78, 5) is 8.56. The predicted octanol–water partition coefficient (Wildman–Crippen LogP) is 4.66. The quantitative estimate of drug-likeness (QED) is 0.542. The number of nitrogens with one attached hydrogen (secondary N) is 1. The van der Waals surface area contributed by atoms with Crippen molar-refractivity contribution >= 4 is 0 Å². The fraction of sp³-hybridized carbons (Fsp3) is 0.150. The highest BCUT2D eigenvalue weighted by atomic mass is 19.4. The van der Waals surface area contributed by atoms with E-state index in [0.29, 0.717) is 17.1 Å². The third kappa shape index (κ3) is 3.71. The molecular formula is C20H16F3N5O. The molecular weight excluding hydrogens is 383 g/mol. The van der Waals surface area contributed by atoms with Crippen LogP contribution in [0.3, 0.4) is 0 Å². The van der Waals surface area contributed by atoms with Crippen molar-refractivity contribution in [3.8, 4) is 34.2 Å². The molecule has 9 heteroatoms. The Balaban J connectivity index is 1.68. The molecule has 0 unspecified atom stereocenters. The number of benzene rings is 2. The van der Waals surface area contributed by atoms with Gasteiger partial charge in [-0.15, -0.1) is 0 Å². The number of H-pyrrole nitrogens is 1. The molecule has 2 heterocycles. The number of methoxy groups -OCH3 is 1. The molecule has 0 saturated carbocycles. The van der Waals surface area contributed by atoms with Crippen molar-refractivity contribution in [2.75, 3.05) is 7.11 Å². The Morgan fingerprint density at radius 3 is 2.59 bits per heavy atom. The molecule has 2 aromatic heterocycles. The predicted molar refractivity (Wildman–Crippen MR) is 101 cm³/mol. The molecule has 4 rings (SSSR count). The zero-order valence-corrected chi connectivity index (χ0v) is 15.5. The van der Waals surface area contributed by atoms with E-state index in [-0.39, 0.29) is 11.4 Å². The van der Waals surface area contributed by atoms with E-state index in [1.807, 2.05) is 29.8 Å². The Bertz CT molecular complexity index is 1160. The van der Waals surface area contributed by atoms with Gasteiger partial charge in [0.05, 0.1) is 30.4 Å². The Morgan fingerprint density at radius 2 is 1.90 bits per heavy atom. The smallest absolute Gasteiger partial charge is 0.416 e. The fourth-order valence-corrected chi connectivity index (χ4v) is 2.95. The molecule has 0 saturated heterocycles. The number of hydrogen-bond acceptors (Lipinski definition) is 4. The van der Waals surface area contributed by atoms with Crippen LogP contribution in [0.5, 0.6) is 5.75 Å². The van der Waals surface area contributed by atoms with Crippen LogP contribution in [0, 0.1) is 6.92 Å². The number of aryl methyl sites for hydroxylation is 1. The molecule has 0 atom stereocenters. The van der Waals surface area contributed by atoms with E-state index in [2.05, 4.69) is 20.2 Å². The first kappa shape index (κ1) is 18.7. The molecule has 148 valence electrons. The van der Waals surface area contributed by atoms with E-state index in [9.17, 15) is 13.2 Å². The lowest BCUT2D eigenvalue weighted by Crippen LogP contribution is -2.04. The number of ether oxygens (including phenoxy) is 1. The summed E-state index contributed by atoms with van der Waals surface area (Å²) >= 11 is 0. The van der Waals surface area contributed by atoms with Crippen LogP contribution in [0.4, 0.5) is 13.2 Å². The molecule has 1 N–H and O–H groups in total. The molecule has 6 nitrogen and oxygen atoms in total. The van der Waals surface area contributed by atoms with Gasteiger partial charge in [-0.2, -0.15) is 18.3 Å². The first-order valence-corrected chi connectivity index (χ1v) is 8.64. The molecule has 4 aromatic rings. The molecule has 0 amide bonds. The first-order valence-electron chi connectivity index (χ1n) is 8.64. The largest absolute Gasteiger partial charge is 0.495 e. The number of halogens is 3. The van der Waals surface area contributed by atoms with Gasteiger partial charge in [0.15, 0.2) is 11.6 Å². The van der Waals surface area contributed by atoms with E-state index in [1.54, 1.807) is 19.5 Å². The maximum absolute atomic E-state index is 12.9. The topological polar surface area (TPSA) is 68.6 Å². The van der Waals surface area contributed by atoms with Crippen molar-refractivity contribution in [2.24, 2.45) is 0 Å². The number of rotatable bonds is 4. The minimum absolute atomic E-state index is 0.180. The van der Waals surface area contributed by atoms with Crippen molar-refractivity contribution in [1.82, 2.24) is 24.7 Å². The summed E-state index contributed by atoms with van der Waals surface area (Å²) < 4.78 is 46.2. The molecule has 0 radical (unpaired) electrons. The van der Waals surface area contributed by atoms with Crippen LogP contribution < -0.4 is 4.74 Å². The lowest BCUT2D eigenvalue weighted by atomic mass is 10.1. The third-order valence-corrected chi connectivity index (χ3v) is 4.38. The van der Waals surface area contributed by atoms with Crippen molar-refractivity contribution in [1.29, 1.82) is 0 Å². The van der Waals surface area contributed by atoms with Gasteiger partial charge in [-0.1, -0.05) is 12.1 Å². The van der Waals surface area contributed by atoms with Crippen molar-refractivity contribution in [3.63, 3.8) is 0 Å². The summed E-state index contributed by atoms with van der Waals surface area (Å²) in [6.45, 7) is 1.89. The zero-order valence-electron chi connectivity index (χ0n) is 15.5. The zero-order chi connectivity index (χ0) is 20.6. The number of aromatic amines is 1. The van der Waals surface area contributed by atoms with Gasteiger partial charge >= 0.3 is 6.18 Å². The van der Waals surface area contributed by atoms with Crippen LogP contribution in [0.25, 0.3) is 28.5 Å².